The Morgan fingerprint density at radius 2 is 2.00 bits per heavy atom. The van der Waals surface area contributed by atoms with Gasteiger partial charge in [-0.1, -0.05) is 26.8 Å². The van der Waals surface area contributed by atoms with Crippen LogP contribution in [0, 0.1) is 6.92 Å². The second-order valence-corrected chi connectivity index (χ2v) is 4.85. The van der Waals surface area contributed by atoms with Crippen molar-refractivity contribution >= 4 is 5.91 Å². The molecule has 1 aromatic heterocycles. The van der Waals surface area contributed by atoms with E-state index in [2.05, 4.69) is 25.8 Å². The van der Waals surface area contributed by atoms with Crippen LogP contribution in [0.2, 0.25) is 0 Å². The quantitative estimate of drug-likeness (QED) is 0.801. The fraction of sp³-hybridized carbons (Fsp3) is 0.500. The fourth-order valence-electron chi connectivity index (χ4n) is 1.57. The van der Waals surface area contributed by atoms with Gasteiger partial charge in [0.2, 0.25) is 5.91 Å². The number of nitrogens with two attached hydrogens (primary N) is 1. The van der Waals surface area contributed by atoms with Gasteiger partial charge in [0.05, 0.1) is 6.42 Å². The standard InChI is InChI=1S/C12H18N2O/c1-8-5-6-9(7-10(13)15)11(14-8)12(2,3)4/h5-6H,7H2,1-4H3,(H2,13,15). The third-order valence-corrected chi connectivity index (χ3v) is 2.19. The molecule has 1 aromatic rings. The zero-order chi connectivity index (χ0) is 11.6. The molecule has 0 saturated heterocycles. The summed E-state index contributed by atoms with van der Waals surface area (Å²) < 4.78 is 0. The molecular weight excluding hydrogens is 188 g/mol. The molecular formula is C12H18N2O. The van der Waals surface area contributed by atoms with Gasteiger partial charge in [0, 0.05) is 16.8 Å². The van der Waals surface area contributed by atoms with Crippen molar-refractivity contribution in [1.82, 2.24) is 4.98 Å². The third kappa shape index (κ3) is 3.05. The minimum atomic E-state index is -0.314. The number of hydrogen-bond acceptors (Lipinski definition) is 2. The van der Waals surface area contributed by atoms with Crippen LogP contribution in [0.5, 0.6) is 0 Å². The summed E-state index contributed by atoms with van der Waals surface area (Å²) in [6.07, 6.45) is 0.264. The summed E-state index contributed by atoms with van der Waals surface area (Å²) in [5.41, 5.74) is 8.01. The molecule has 0 spiro atoms. The lowest BCUT2D eigenvalue weighted by atomic mass is 9.87. The van der Waals surface area contributed by atoms with Gasteiger partial charge >= 0.3 is 0 Å². The molecule has 0 aliphatic carbocycles. The van der Waals surface area contributed by atoms with Gasteiger partial charge in [-0.05, 0) is 18.6 Å². The van der Waals surface area contributed by atoms with E-state index >= 15 is 0 Å². The van der Waals surface area contributed by atoms with Crippen LogP contribution in [0.3, 0.4) is 0 Å². The average Bonchev–Trinajstić information content (AvgIpc) is 2.05. The molecule has 0 unspecified atom stereocenters. The first-order valence-electron chi connectivity index (χ1n) is 5.06. The Kier molecular flexibility index (Phi) is 3.12. The zero-order valence-corrected chi connectivity index (χ0v) is 9.79. The van der Waals surface area contributed by atoms with Crippen LogP contribution in [-0.2, 0) is 16.6 Å². The number of hydrogen-bond donors (Lipinski definition) is 1. The zero-order valence-electron chi connectivity index (χ0n) is 9.79. The molecule has 0 aliphatic rings. The van der Waals surface area contributed by atoms with Crippen molar-refractivity contribution < 1.29 is 4.79 Å². The molecule has 1 amide bonds. The van der Waals surface area contributed by atoms with Gasteiger partial charge in [-0.3, -0.25) is 9.78 Å². The second-order valence-electron chi connectivity index (χ2n) is 4.85. The summed E-state index contributed by atoms with van der Waals surface area (Å²) in [5, 5.41) is 0. The highest BCUT2D eigenvalue weighted by molar-refractivity contribution is 5.76. The Bertz CT molecular complexity index is 378. The highest BCUT2D eigenvalue weighted by Gasteiger charge is 2.20. The van der Waals surface area contributed by atoms with Gasteiger partial charge in [-0.25, -0.2) is 0 Å². The van der Waals surface area contributed by atoms with E-state index in [4.69, 9.17) is 5.73 Å². The summed E-state index contributed by atoms with van der Waals surface area (Å²) in [4.78, 5) is 15.4. The van der Waals surface area contributed by atoms with E-state index in [1.165, 1.54) is 0 Å². The van der Waals surface area contributed by atoms with Crippen LogP contribution in [0.25, 0.3) is 0 Å². The van der Waals surface area contributed by atoms with Crippen molar-refractivity contribution in [1.29, 1.82) is 0 Å². The summed E-state index contributed by atoms with van der Waals surface area (Å²) in [7, 11) is 0. The minimum Gasteiger partial charge on any atom is -0.369 e. The molecule has 0 radical (unpaired) electrons. The number of carbonyl (C=O) groups is 1. The minimum absolute atomic E-state index is 0.0587. The predicted octanol–water partition coefficient (Wildman–Crippen LogP) is 1.72. The van der Waals surface area contributed by atoms with Crippen molar-refractivity contribution in [3.05, 3.63) is 29.1 Å². The maximum absolute atomic E-state index is 10.9. The lowest BCUT2D eigenvalue weighted by molar-refractivity contribution is -0.117. The van der Waals surface area contributed by atoms with Crippen LogP contribution in [-0.4, -0.2) is 10.9 Å². The largest absolute Gasteiger partial charge is 0.369 e. The summed E-state index contributed by atoms with van der Waals surface area (Å²) in [6, 6.07) is 3.85. The van der Waals surface area contributed by atoms with Gasteiger partial charge in [-0.2, -0.15) is 0 Å². The Labute approximate surface area is 90.7 Å². The van der Waals surface area contributed by atoms with Gasteiger partial charge in [-0.15, -0.1) is 0 Å². The summed E-state index contributed by atoms with van der Waals surface area (Å²) >= 11 is 0. The number of primary amides is 1. The number of aryl methyl sites for hydroxylation is 1. The van der Waals surface area contributed by atoms with Crippen LogP contribution in [0.1, 0.15) is 37.7 Å². The van der Waals surface area contributed by atoms with Crippen molar-refractivity contribution in [3.8, 4) is 0 Å². The highest BCUT2D eigenvalue weighted by atomic mass is 16.1. The van der Waals surface area contributed by atoms with Crippen LogP contribution < -0.4 is 5.73 Å². The first-order chi connectivity index (χ1) is 6.80. The third-order valence-electron chi connectivity index (χ3n) is 2.19. The lowest BCUT2D eigenvalue weighted by Gasteiger charge is -2.21. The van der Waals surface area contributed by atoms with E-state index in [9.17, 15) is 4.79 Å². The molecule has 15 heavy (non-hydrogen) atoms. The number of carbonyl (C=O) groups excluding carboxylic acids is 1. The summed E-state index contributed by atoms with van der Waals surface area (Å²) in [6.45, 7) is 8.20. The lowest BCUT2D eigenvalue weighted by Crippen LogP contribution is -2.21. The van der Waals surface area contributed by atoms with E-state index in [-0.39, 0.29) is 17.7 Å². The molecule has 0 aromatic carbocycles. The normalized spacial score (nSPS) is 11.5. The first-order valence-corrected chi connectivity index (χ1v) is 5.06. The molecule has 82 valence electrons. The van der Waals surface area contributed by atoms with Crippen LogP contribution >= 0.6 is 0 Å². The highest BCUT2D eigenvalue weighted by Crippen LogP contribution is 2.24. The number of pyridine rings is 1. The van der Waals surface area contributed by atoms with E-state index in [1.807, 2.05) is 19.1 Å². The van der Waals surface area contributed by atoms with Gasteiger partial charge < -0.3 is 5.73 Å². The van der Waals surface area contributed by atoms with Crippen molar-refractivity contribution in [3.63, 3.8) is 0 Å². The molecule has 3 nitrogen and oxygen atoms in total. The SMILES string of the molecule is Cc1ccc(CC(N)=O)c(C(C)(C)C)n1. The van der Waals surface area contributed by atoms with Crippen LogP contribution in [0.15, 0.2) is 12.1 Å². The van der Waals surface area contributed by atoms with Crippen molar-refractivity contribution in [2.75, 3.05) is 0 Å². The number of nitrogens with zero attached hydrogens (tertiary/aromatic N) is 1. The first kappa shape index (κ1) is 11.7. The molecule has 0 saturated carbocycles. The maximum Gasteiger partial charge on any atom is 0.221 e. The molecule has 0 bridgehead atoms. The Morgan fingerprint density at radius 3 is 2.47 bits per heavy atom. The van der Waals surface area contributed by atoms with E-state index in [0.29, 0.717) is 0 Å². The summed E-state index contributed by atoms with van der Waals surface area (Å²) in [5.74, 6) is -0.314. The van der Waals surface area contributed by atoms with Gasteiger partial charge in [0.1, 0.15) is 0 Å². The van der Waals surface area contributed by atoms with E-state index < -0.39 is 0 Å². The number of amides is 1. The predicted molar refractivity (Wildman–Crippen MR) is 60.6 cm³/mol. The fourth-order valence-corrected chi connectivity index (χ4v) is 1.57. The Morgan fingerprint density at radius 1 is 1.40 bits per heavy atom. The molecule has 0 fully saturated rings. The molecule has 2 N–H and O–H groups in total. The van der Waals surface area contributed by atoms with Crippen molar-refractivity contribution in [2.24, 2.45) is 5.73 Å². The van der Waals surface area contributed by atoms with Crippen LogP contribution in [0.4, 0.5) is 0 Å². The second kappa shape index (κ2) is 4.01. The monoisotopic (exact) mass is 206 g/mol. The Balaban J connectivity index is 3.20. The van der Waals surface area contributed by atoms with Gasteiger partial charge in [0.25, 0.3) is 0 Å². The average molecular weight is 206 g/mol. The van der Waals surface area contributed by atoms with E-state index in [1.54, 1.807) is 0 Å². The molecule has 0 aliphatic heterocycles. The number of aromatic nitrogens is 1. The topological polar surface area (TPSA) is 56.0 Å². The van der Waals surface area contributed by atoms with Crippen molar-refractivity contribution in [2.45, 2.75) is 39.5 Å². The number of rotatable bonds is 2. The smallest absolute Gasteiger partial charge is 0.221 e. The molecule has 3 heteroatoms. The molecule has 0 atom stereocenters. The van der Waals surface area contributed by atoms with Gasteiger partial charge in [0.15, 0.2) is 0 Å². The molecule has 1 heterocycles. The van der Waals surface area contributed by atoms with E-state index in [0.717, 1.165) is 17.0 Å². The molecule has 1 rings (SSSR count). The Hall–Kier alpha value is -1.38. The maximum atomic E-state index is 10.9.